The Bertz CT molecular complexity index is 2410. The summed E-state index contributed by atoms with van der Waals surface area (Å²) in [6, 6.07) is 35.6. The minimum Gasteiger partial charge on any atom is -0.135 e. The van der Waals surface area contributed by atoms with Crippen molar-refractivity contribution >= 4 is 53.1 Å². The van der Waals surface area contributed by atoms with Crippen LogP contribution in [0.3, 0.4) is 0 Å². The van der Waals surface area contributed by atoms with Crippen LogP contribution in [0.1, 0.15) is 129 Å². The summed E-state index contributed by atoms with van der Waals surface area (Å²) in [5, 5.41) is 8.22. The highest BCUT2D eigenvalue weighted by atomic mass is 32.1. The molecule has 0 N–H and O–H groups in total. The molecule has 0 bridgehead atoms. The van der Waals surface area contributed by atoms with Gasteiger partial charge in [-0.25, -0.2) is 0 Å². The number of hydrogen-bond acceptors (Lipinski definition) is 1. The zero-order chi connectivity index (χ0) is 35.9. The van der Waals surface area contributed by atoms with Gasteiger partial charge in [0.1, 0.15) is 0 Å². The van der Waals surface area contributed by atoms with Gasteiger partial charge in [0.15, 0.2) is 0 Å². The lowest BCUT2D eigenvalue weighted by Crippen LogP contribution is -2.17. The van der Waals surface area contributed by atoms with Crippen LogP contribution in [0.15, 0.2) is 91.0 Å². The van der Waals surface area contributed by atoms with Crippen LogP contribution in [0, 0.1) is 0 Å². The molecule has 0 aliphatic rings. The van der Waals surface area contributed by atoms with E-state index in [-0.39, 0.29) is 10.8 Å². The summed E-state index contributed by atoms with van der Waals surface area (Å²) in [7, 11) is 0. The quantitative estimate of drug-likeness (QED) is 0.159. The molecule has 0 unspecified atom stereocenters. The molecule has 50 heavy (non-hydrogen) atoms. The van der Waals surface area contributed by atoms with Crippen molar-refractivity contribution < 1.29 is 0 Å². The second kappa shape index (κ2) is 12.4. The smallest absolute Gasteiger partial charge is 0.0355 e. The molecule has 0 spiro atoms. The fourth-order valence-electron chi connectivity index (χ4n) is 8.48. The third-order valence-electron chi connectivity index (χ3n) is 10.8. The lowest BCUT2D eigenvalue weighted by atomic mass is 9.73. The minimum atomic E-state index is -0.0486. The molecule has 0 aliphatic heterocycles. The fourth-order valence-corrected chi connectivity index (χ4v) is 9.56. The molecule has 0 aliphatic carbocycles. The highest BCUT2D eigenvalue weighted by Gasteiger charge is 2.28. The van der Waals surface area contributed by atoms with Crippen LogP contribution in [-0.4, -0.2) is 0 Å². The van der Waals surface area contributed by atoms with Crippen molar-refractivity contribution in [2.24, 2.45) is 0 Å². The van der Waals surface area contributed by atoms with Crippen LogP contribution in [0.5, 0.6) is 0 Å². The third-order valence-corrected chi connectivity index (χ3v) is 11.9. The van der Waals surface area contributed by atoms with E-state index in [4.69, 9.17) is 0 Å². The Morgan fingerprint density at radius 3 is 1.42 bits per heavy atom. The fraction of sp³-hybridized carbons (Fsp3) is 0.347. The standard InChI is InChI=1S/C49H54S/c1-28(2)37-26-39(30(5)6)40(27-38(37)29(3)4)33-18-21-36-43(25-33)47(49(10,11)12)35-20-17-31(24-42(35)46(36)48(7,8)9)32-19-22-45-41(23-32)34-15-13-14-16-44(34)50-45/h13-30H,1-12H3. The Morgan fingerprint density at radius 1 is 0.400 bits per heavy atom. The van der Waals surface area contributed by atoms with E-state index in [9.17, 15) is 0 Å². The Morgan fingerprint density at radius 2 is 0.860 bits per heavy atom. The van der Waals surface area contributed by atoms with Crippen molar-refractivity contribution in [3.8, 4) is 22.3 Å². The van der Waals surface area contributed by atoms with Gasteiger partial charge in [0.25, 0.3) is 0 Å². The summed E-state index contributed by atoms with van der Waals surface area (Å²) in [6.07, 6.45) is 0. The van der Waals surface area contributed by atoms with Crippen molar-refractivity contribution in [2.75, 3.05) is 0 Å². The van der Waals surface area contributed by atoms with Gasteiger partial charge >= 0.3 is 0 Å². The van der Waals surface area contributed by atoms with Gasteiger partial charge in [0.05, 0.1) is 0 Å². The maximum atomic E-state index is 2.54. The van der Waals surface area contributed by atoms with E-state index in [0.29, 0.717) is 17.8 Å². The van der Waals surface area contributed by atoms with Gasteiger partial charge < -0.3 is 0 Å². The number of rotatable bonds is 5. The second-order valence-electron chi connectivity index (χ2n) is 17.6. The molecule has 0 radical (unpaired) electrons. The number of thiophene rings is 1. The number of benzene rings is 6. The average Bonchev–Trinajstić information content (AvgIpc) is 3.42. The zero-order valence-corrected chi connectivity index (χ0v) is 33.1. The van der Waals surface area contributed by atoms with Gasteiger partial charge in [-0.05, 0) is 131 Å². The maximum Gasteiger partial charge on any atom is 0.0355 e. The first-order valence-corrected chi connectivity index (χ1v) is 19.5. The normalized spacial score (nSPS) is 12.9. The lowest BCUT2D eigenvalue weighted by molar-refractivity contribution is 0.593. The van der Waals surface area contributed by atoms with Crippen LogP contribution in [-0.2, 0) is 10.8 Å². The summed E-state index contributed by atoms with van der Waals surface area (Å²) in [5.41, 5.74) is 12.5. The van der Waals surface area contributed by atoms with E-state index in [1.54, 1.807) is 0 Å². The van der Waals surface area contributed by atoms with E-state index in [1.807, 2.05) is 11.3 Å². The maximum absolute atomic E-state index is 2.54. The summed E-state index contributed by atoms with van der Waals surface area (Å²) in [4.78, 5) is 0. The molecule has 7 rings (SSSR count). The molecular weight excluding hydrogens is 621 g/mol. The van der Waals surface area contributed by atoms with Crippen LogP contribution >= 0.6 is 11.3 Å². The highest BCUT2D eigenvalue weighted by Crippen LogP contribution is 2.47. The third kappa shape index (κ3) is 5.86. The van der Waals surface area contributed by atoms with Gasteiger partial charge in [0, 0.05) is 20.2 Å². The van der Waals surface area contributed by atoms with Crippen molar-refractivity contribution in [1.82, 2.24) is 0 Å². The van der Waals surface area contributed by atoms with Crippen LogP contribution < -0.4 is 0 Å². The van der Waals surface area contributed by atoms with Gasteiger partial charge in [-0.15, -0.1) is 11.3 Å². The molecule has 7 aromatic rings. The molecule has 0 fully saturated rings. The van der Waals surface area contributed by atoms with Crippen molar-refractivity contribution in [2.45, 2.75) is 112 Å². The molecule has 1 aromatic heterocycles. The molecule has 256 valence electrons. The van der Waals surface area contributed by atoms with Gasteiger partial charge in [-0.3, -0.25) is 0 Å². The Kier molecular flexibility index (Phi) is 8.54. The zero-order valence-electron chi connectivity index (χ0n) is 32.3. The largest absolute Gasteiger partial charge is 0.135 e. The van der Waals surface area contributed by atoms with Gasteiger partial charge in [0.2, 0.25) is 0 Å². The topological polar surface area (TPSA) is 0 Å². The summed E-state index contributed by atoms with van der Waals surface area (Å²) in [6.45, 7) is 28.4. The molecule has 6 aromatic carbocycles. The first-order valence-electron chi connectivity index (χ1n) is 18.7. The number of fused-ring (bicyclic) bond motifs is 5. The number of hydrogen-bond donors (Lipinski definition) is 0. The van der Waals surface area contributed by atoms with Gasteiger partial charge in [-0.2, -0.15) is 0 Å². The molecule has 0 saturated heterocycles. The van der Waals surface area contributed by atoms with E-state index < -0.39 is 0 Å². The summed E-state index contributed by atoms with van der Waals surface area (Å²) in [5.74, 6) is 1.41. The van der Waals surface area contributed by atoms with Crippen molar-refractivity contribution in [3.05, 3.63) is 119 Å². The van der Waals surface area contributed by atoms with Gasteiger partial charge in [-0.1, -0.05) is 144 Å². The molecular formula is C49H54S. The van der Waals surface area contributed by atoms with E-state index in [1.165, 1.54) is 91.8 Å². The van der Waals surface area contributed by atoms with Crippen LogP contribution in [0.4, 0.5) is 0 Å². The highest BCUT2D eigenvalue weighted by molar-refractivity contribution is 7.25. The minimum absolute atomic E-state index is 0.0482. The van der Waals surface area contributed by atoms with E-state index in [0.717, 1.165) is 0 Å². The molecule has 0 nitrogen and oxygen atoms in total. The Labute approximate surface area is 304 Å². The molecule has 1 heterocycles. The Balaban J connectivity index is 1.52. The lowest BCUT2D eigenvalue weighted by Gasteiger charge is -2.31. The van der Waals surface area contributed by atoms with E-state index >= 15 is 0 Å². The van der Waals surface area contributed by atoms with Crippen molar-refractivity contribution in [3.63, 3.8) is 0 Å². The Hall–Kier alpha value is -3.94. The molecule has 1 heteroatoms. The summed E-state index contributed by atoms with van der Waals surface area (Å²) >= 11 is 1.89. The first-order chi connectivity index (χ1) is 23.5. The predicted octanol–water partition coefficient (Wildman–Crippen LogP) is 15.7. The molecule has 0 amide bonds. The average molecular weight is 675 g/mol. The van der Waals surface area contributed by atoms with Crippen LogP contribution in [0.25, 0.3) is 64.0 Å². The molecule has 0 atom stereocenters. The second-order valence-corrected chi connectivity index (χ2v) is 18.7. The molecule has 0 saturated carbocycles. The SMILES string of the molecule is CC(C)c1cc(C(C)C)c(C(C)C)cc1-c1ccc2c(C(C)(C)C)c3cc(-c4ccc5sc6ccccc6c5c4)ccc3c(C(C)(C)C)c2c1. The monoisotopic (exact) mass is 674 g/mol. The van der Waals surface area contributed by atoms with E-state index in [2.05, 4.69) is 174 Å². The first kappa shape index (κ1) is 34.5. The summed E-state index contributed by atoms with van der Waals surface area (Å²) < 4.78 is 2.70. The predicted molar refractivity (Wildman–Crippen MR) is 225 cm³/mol. The van der Waals surface area contributed by atoms with Crippen LogP contribution in [0.2, 0.25) is 0 Å². The van der Waals surface area contributed by atoms with Crippen molar-refractivity contribution in [1.29, 1.82) is 0 Å².